The van der Waals surface area contributed by atoms with Crippen molar-refractivity contribution in [2.45, 2.75) is 19.9 Å². The van der Waals surface area contributed by atoms with E-state index in [0.29, 0.717) is 13.2 Å². The number of nitrogens with zero attached hydrogens (tertiary/aromatic N) is 1. The first kappa shape index (κ1) is 13.2. The van der Waals surface area contributed by atoms with Crippen molar-refractivity contribution in [1.82, 2.24) is 10.5 Å². The Kier molecular flexibility index (Phi) is 6.80. The van der Waals surface area contributed by atoms with E-state index in [0.717, 1.165) is 37.6 Å². The molecule has 1 rings (SSSR count). The second kappa shape index (κ2) is 8.27. The summed E-state index contributed by atoms with van der Waals surface area (Å²) in [6.07, 6.45) is 0.987. The van der Waals surface area contributed by atoms with Gasteiger partial charge in [-0.3, -0.25) is 0 Å². The van der Waals surface area contributed by atoms with Crippen molar-refractivity contribution in [2.24, 2.45) is 0 Å². The highest BCUT2D eigenvalue weighted by Gasteiger charge is 1.98. The summed E-state index contributed by atoms with van der Waals surface area (Å²) in [5.74, 6) is 0.847. The lowest BCUT2D eigenvalue weighted by molar-refractivity contribution is 0.0694. The molecule has 5 heteroatoms. The summed E-state index contributed by atoms with van der Waals surface area (Å²) < 4.78 is 15.2. The number of ether oxygens (including phenoxy) is 2. The van der Waals surface area contributed by atoms with Gasteiger partial charge in [0.1, 0.15) is 5.76 Å². The van der Waals surface area contributed by atoms with Crippen LogP contribution in [0.2, 0.25) is 0 Å². The Bertz CT molecular complexity index is 276. The second-order valence-corrected chi connectivity index (χ2v) is 3.56. The van der Waals surface area contributed by atoms with Gasteiger partial charge in [-0.25, -0.2) is 0 Å². The molecule has 1 N–H and O–H groups in total. The number of hydrogen-bond acceptors (Lipinski definition) is 5. The molecule has 0 amide bonds. The summed E-state index contributed by atoms with van der Waals surface area (Å²) in [7, 11) is 1.67. The number of methoxy groups -OCH3 is 1. The van der Waals surface area contributed by atoms with Crippen LogP contribution in [0.3, 0.4) is 0 Å². The monoisotopic (exact) mass is 228 g/mol. The third-order valence-corrected chi connectivity index (χ3v) is 2.06. The molecule has 16 heavy (non-hydrogen) atoms. The zero-order chi connectivity index (χ0) is 11.6. The number of aryl methyl sites for hydroxylation is 1. The molecule has 1 heterocycles. The minimum Gasteiger partial charge on any atom is -0.382 e. The number of rotatable bonds is 9. The Hall–Kier alpha value is -0.910. The van der Waals surface area contributed by atoms with Crippen LogP contribution < -0.4 is 5.32 Å². The van der Waals surface area contributed by atoms with Gasteiger partial charge >= 0.3 is 0 Å². The summed E-state index contributed by atoms with van der Waals surface area (Å²) in [5.41, 5.74) is 0.942. The van der Waals surface area contributed by atoms with Gasteiger partial charge in [0.05, 0.1) is 18.9 Å². The molecule has 0 aliphatic rings. The van der Waals surface area contributed by atoms with Gasteiger partial charge in [0, 0.05) is 26.3 Å². The summed E-state index contributed by atoms with van der Waals surface area (Å²) in [5, 5.41) is 7.16. The molecule has 0 aromatic carbocycles. The van der Waals surface area contributed by atoms with Crippen molar-refractivity contribution in [3.63, 3.8) is 0 Å². The largest absolute Gasteiger partial charge is 0.382 e. The van der Waals surface area contributed by atoms with Crippen LogP contribution in [0.15, 0.2) is 10.6 Å². The lowest BCUT2D eigenvalue weighted by atomic mass is 10.3. The lowest BCUT2D eigenvalue weighted by Gasteiger charge is -2.04. The molecule has 0 unspecified atom stereocenters. The summed E-state index contributed by atoms with van der Waals surface area (Å²) in [6, 6.07) is 1.93. The first-order valence-corrected chi connectivity index (χ1v) is 5.52. The average molecular weight is 228 g/mol. The van der Waals surface area contributed by atoms with Crippen LogP contribution in [-0.2, 0) is 16.0 Å². The Morgan fingerprint density at radius 2 is 2.25 bits per heavy atom. The molecule has 0 radical (unpaired) electrons. The van der Waals surface area contributed by atoms with Gasteiger partial charge in [0.25, 0.3) is 0 Å². The fourth-order valence-electron chi connectivity index (χ4n) is 1.26. The fraction of sp³-hybridized carbons (Fsp3) is 0.727. The molecule has 0 bridgehead atoms. The Morgan fingerprint density at radius 3 is 2.94 bits per heavy atom. The highest BCUT2D eigenvalue weighted by Crippen LogP contribution is 2.00. The average Bonchev–Trinajstić information content (AvgIpc) is 2.68. The summed E-state index contributed by atoms with van der Waals surface area (Å²) >= 11 is 0. The molecule has 0 spiro atoms. The molecule has 1 aromatic heterocycles. The maximum absolute atomic E-state index is 5.33. The summed E-state index contributed by atoms with van der Waals surface area (Å²) in [6.45, 7) is 5.63. The molecule has 0 saturated carbocycles. The van der Waals surface area contributed by atoms with E-state index in [2.05, 4.69) is 10.5 Å². The minimum absolute atomic E-state index is 0.658. The van der Waals surface area contributed by atoms with Crippen molar-refractivity contribution in [3.8, 4) is 0 Å². The molecular formula is C11H20N2O3. The quantitative estimate of drug-likeness (QED) is 0.642. The Balaban J connectivity index is 1.88. The molecule has 0 saturated heterocycles. The fourth-order valence-corrected chi connectivity index (χ4v) is 1.26. The van der Waals surface area contributed by atoms with Gasteiger partial charge in [0.15, 0.2) is 0 Å². The number of hydrogen-bond donors (Lipinski definition) is 1. The van der Waals surface area contributed by atoms with Crippen molar-refractivity contribution in [1.29, 1.82) is 0 Å². The first-order chi connectivity index (χ1) is 7.83. The van der Waals surface area contributed by atoms with Crippen LogP contribution in [0.5, 0.6) is 0 Å². The molecule has 92 valence electrons. The standard InChI is InChI=1S/C11H20N2O3/c1-10-8-11(13-16-10)9-12-4-3-5-15-7-6-14-2/h8,12H,3-7,9H2,1-2H3. The molecule has 5 nitrogen and oxygen atoms in total. The topological polar surface area (TPSA) is 56.5 Å². The Labute approximate surface area is 96.1 Å². The van der Waals surface area contributed by atoms with E-state index in [9.17, 15) is 0 Å². The van der Waals surface area contributed by atoms with E-state index in [4.69, 9.17) is 14.0 Å². The minimum atomic E-state index is 0.658. The number of nitrogens with one attached hydrogen (secondary N) is 1. The van der Waals surface area contributed by atoms with Crippen molar-refractivity contribution in [3.05, 3.63) is 17.5 Å². The van der Waals surface area contributed by atoms with E-state index in [1.165, 1.54) is 0 Å². The highest BCUT2D eigenvalue weighted by molar-refractivity contribution is 5.02. The van der Waals surface area contributed by atoms with Gasteiger partial charge in [0.2, 0.25) is 0 Å². The van der Waals surface area contributed by atoms with E-state index in [-0.39, 0.29) is 0 Å². The molecule has 0 fully saturated rings. The summed E-state index contributed by atoms with van der Waals surface area (Å²) in [4.78, 5) is 0. The zero-order valence-electron chi connectivity index (χ0n) is 9.99. The molecular weight excluding hydrogens is 208 g/mol. The SMILES string of the molecule is COCCOCCCNCc1cc(C)on1. The van der Waals surface area contributed by atoms with Crippen LogP contribution in [0.4, 0.5) is 0 Å². The van der Waals surface area contributed by atoms with Crippen LogP contribution in [0, 0.1) is 6.92 Å². The maximum Gasteiger partial charge on any atom is 0.133 e. The van der Waals surface area contributed by atoms with Crippen LogP contribution in [-0.4, -0.2) is 38.6 Å². The first-order valence-electron chi connectivity index (χ1n) is 5.52. The van der Waals surface area contributed by atoms with Gasteiger partial charge < -0.3 is 19.3 Å². The molecule has 0 atom stereocenters. The van der Waals surface area contributed by atoms with Crippen molar-refractivity contribution >= 4 is 0 Å². The highest BCUT2D eigenvalue weighted by atomic mass is 16.5. The second-order valence-electron chi connectivity index (χ2n) is 3.56. The zero-order valence-corrected chi connectivity index (χ0v) is 9.99. The smallest absolute Gasteiger partial charge is 0.133 e. The predicted octanol–water partition coefficient (Wildman–Crippen LogP) is 1.13. The lowest BCUT2D eigenvalue weighted by Crippen LogP contribution is -2.17. The van der Waals surface area contributed by atoms with Gasteiger partial charge in [-0.15, -0.1) is 0 Å². The Morgan fingerprint density at radius 1 is 1.38 bits per heavy atom. The normalized spacial score (nSPS) is 10.9. The van der Waals surface area contributed by atoms with E-state index < -0.39 is 0 Å². The molecule has 0 aliphatic heterocycles. The van der Waals surface area contributed by atoms with Gasteiger partial charge in [-0.05, 0) is 19.9 Å². The van der Waals surface area contributed by atoms with Crippen molar-refractivity contribution in [2.75, 3.05) is 33.5 Å². The molecule has 0 aliphatic carbocycles. The van der Waals surface area contributed by atoms with E-state index >= 15 is 0 Å². The van der Waals surface area contributed by atoms with E-state index in [1.807, 2.05) is 13.0 Å². The predicted molar refractivity (Wildman–Crippen MR) is 60.3 cm³/mol. The maximum atomic E-state index is 5.33. The van der Waals surface area contributed by atoms with Gasteiger partial charge in [-0.2, -0.15) is 0 Å². The van der Waals surface area contributed by atoms with Crippen LogP contribution in [0.1, 0.15) is 17.9 Å². The van der Waals surface area contributed by atoms with Crippen LogP contribution >= 0.6 is 0 Å². The van der Waals surface area contributed by atoms with Crippen LogP contribution in [0.25, 0.3) is 0 Å². The van der Waals surface area contributed by atoms with Crippen molar-refractivity contribution < 1.29 is 14.0 Å². The van der Waals surface area contributed by atoms with E-state index in [1.54, 1.807) is 7.11 Å². The third kappa shape index (κ3) is 5.85. The van der Waals surface area contributed by atoms with Gasteiger partial charge in [-0.1, -0.05) is 5.16 Å². The molecule has 1 aromatic rings. The number of aromatic nitrogens is 1. The third-order valence-electron chi connectivity index (χ3n) is 2.06.